The molecule has 3 rings (SSSR count). The third-order valence-electron chi connectivity index (χ3n) is 4.66. The largest absolute Gasteiger partial charge is 0.321 e. The highest BCUT2D eigenvalue weighted by molar-refractivity contribution is 7.99. The van der Waals surface area contributed by atoms with Crippen LogP contribution in [0.25, 0.3) is 6.08 Å². The molecule has 0 aromatic heterocycles. The second-order valence-electron chi connectivity index (χ2n) is 6.96. The van der Waals surface area contributed by atoms with Crippen LogP contribution in [-0.4, -0.2) is 10.8 Å². The fourth-order valence-corrected chi connectivity index (χ4v) is 3.84. The van der Waals surface area contributed by atoms with Crippen LogP contribution in [-0.2, 0) is 4.79 Å². The number of nitrogens with zero attached hydrogens (tertiary/aromatic N) is 2. The number of nitro benzene ring substituents is 1. The molecular weight excluding hydrogens is 446 g/mol. The van der Waals surface area contributed by atoms with Crippen molar-refractivity contribution < 1.29 is 9.72 Å². The van der Waals surface area contributed by atoms with Crippen molar-refractivity contribution in [3.63, 3.8) is 0 Å². The van der Waals surface area contributed by atoms with Crippen LogP contribution in [0, 0.1) is 35.3 Å². The Morgan fingerprint density at radius 3 is 2.44 bits per heavy atom. The van der Waals surface area contributed by atoms with Crippen LogP contribution in [0.4, 0.5) is 11.4 Å². The van der Waals surface area contributed by atoms with Crippen molar-refractivity contribution in [1.29, 1.82) is 5.26 Å². The molecule has 0 aliphatic rings. The van der Waals surface area contributed by atoms with Gasteiger partial charge in [0.2, 0.25) is 0 Å². The van der Waals surface area contributed by atoms with Gasteiger partial charge in [-0.2, -0.15) is 5.26 Å². The molecule has 0 radical (unpaired) electrons. The van der Waals surface area contributed by atoms with Crippen molar-refractivity contribution in [3.8, 4) is 6.07 Å². The third kappa shape index (κ3) is 5.76. The number of halogens is 1. The summed E-state index contributed by atoms with van der Waals surface area (Å²) in [6, 6.07) is 18.8. The van der Waals surface area contributed by atoms with E-state index in [1.54, 1.807) is 42.5 Å². The van der Waals surface area contributed by atoms with Gasteiger partial charge in [0.15, 0.2) is 0 Å². The maximum absolute atomic E-state index is 12.5. The van der Waals surface area contributed by atoms with Crippen LogP contribution in [0.3, 0.4) is 0 Å². The smallest absolute Gasteiger partial charge is 0.283 e. The quantitative estimate of drug-likeness (QED) is 0.193. The summed E-state index contributed by atoms with van der Waals surface area (Å²) < 4.78 is 0. The lowest BCUT2D eigenvalue weighted by Gasteiger charge is -2.07. The van der Waals surface area contributed by atoms with Gasteiger partial charge in [-0.15, -0.1) is 0 Å². The van der Waals surface area contributed by atoms with Crippen molar-refractivity contribution in [2.24, 2.45) is 0 Å². The Morgan fingerprint density at radius 1 is 1.09 bits per heavy atom. The van der Waals surface area contributed by atoms with Gasteiger partial charge in [-0.3, -0.25) is 14.9 Å². The number of carbonyl (C=O) groups excluding carboxylic acids is 1. The molecule has 0 heterocycles. The summed E-state index contributed by atoms with van der Waals surface area (Å²) in [6.07, 6.45) is 1.33. The summed E-state index contributed by atoms with van der Waals surface area (Å²) in [5.74, 6) is -0.585. The maximum atomic E-state index is 12.5. The molecule has 3 aromatic carbocycles. The zero-order valence-electron chi connectivity index (χ0n) is 17.3. The lowest BCUT2D eigenvalue weighted by Crippen LogP contribution is -2.13. The molecule has 1 amide bonds. The second-order valence-corrected chi connectivity index (χ2v) is 8.52. The van der Waals surface area contributed by atoms with E-state index in [1.807, 2.05) is 32.0 Å². The van der Waals surface area contributed by atoms with E-state index in [9.17, 15) is 20.2 Å². The number of hydrogen-bond donors (Lipinski definition) is 1. The number of benzene rings is 3. The van der Waals surface area contributed by atoms with Gasteiger partial charge in [0, 0.05) is 21.7 Å². The van der Waals surface area contributed by atoms with Gasteiger partial charge < -0.3 is 5.32 Å². The summed E-state index contributed by atoms with van der Waals surface area (Å²) in [7, 11) is 0. The number of nitrogens with one attached hydrogen (secondary N) is 1. The normalized spacial score (nSPS) is 11.0. The van der Waals surface area contributed by atoms with Crippen molar-refractivity contribution in [1.82, 2.24) is 0 Å². The van der Waals surface area contributed by atoms with Gasteiger partial charge in [0.1, 0.15) is 11.6 Å². The number of carbonyl (C=O) groups is 1. The molecule has 32 heavy (non-hydrogen) atoms. The third-order valence-corrected chi connectivity index (χ3v) is 5.99. The SMILES string of the molecule is Cc1ccc(NC(=O)/C(C#N)=C\c2ccc(Sc3ccc(Cl)cc3)c([N+](=O)[O-])c2)cc1C. The highest BCUT2D eigenvalue weighted by atomic mass is 35.5. The van der Waals surface area contributed by atoms with Gasteiger partial charge >= 0.3 is 0 Å². The number of amides is 1. The molecule has 0 aliphatic carbocycles. The molecule has 6 nitrogen and oxygen atoms in total. The zero-order valence-corrected chi connectivity index (χ0v) is 18.8. The first kappa shape index (κ1) is 23.1. The summed E-state index contributed by atoms with van der Waals surface area (Å²) in [6.45, 7) is 3.89. The van der Waals surface area contributed by atoms with Gasteiger partial charge in [-0.05, 0) is 79.1 Å². The molecule has 0 saturated heterocycles. The molecular formula is C24H18ClN3O3S. The average Bonchev–Trinajstić information content (AvgIpc) is 2.76. The molecule has 0 bridgehead atoms. The molecule has 0 spiro atoms. The van der Waals surface area contributed by atoms with Gasteiger partial charge in [0.25, 0.3) is 11.6 Å². The number of rotatable bonds is 6. The second kappa shape index (κ2) is 10.1. The number of nitriles is 1. The zero-order chi connectivity index (χ0) is 23.3. The Kier molecular flexibility index (Phi) is 7.31. The van der Waals surface area contributed by atoms with E-state index in [0.29, 0.717) is 21.2 Å². The maximum Gasteiger partial charge on any atom is 0.283 e. The fraction of sp³-hybridized carbons (Fsp3) is 0.0833. The van der Waals surface area contributed by atoms with E-state index < -0.39 is 10.8 Å². The Hall–Kier alpha value is -3.60. The Balaban J connectivity index is 1.86. The van der Waals surface area contributed by atoms with E-state index in [2.05, 4.69) is 5.32 Å². The first-order valence-corrected chi connectivity index (χ1v) is 10.7. The predicted molar refractivity (Wildman–Crippen MR) is 127 cm³/mol. The van der Waals surface area contributed by atoms with Crippen molar-refractivity contribution in [2.75, 3.05) is 5.32 Å². The summed E-state index contributed by atoms with van der Waals surface area (Å²) in [5.41, 5.74) is 2.77. The first-order valence-electron chi connectivity index (χ1n) is 9.49. The molecule has 1 N–H and O–H groups in total. The van der Waals surface area contributed by atoms with E-state index in [0.717, 1.165) is 16.0 Å². The standard InChI is InChI=1S/C24H18ClN3O3S/c1-15-3-7-20(11-16(15)2)27-24(29)18(14-26)12-17-4-10-23(22(13-17)28(30)31)32-21-8-5-19(25)6-9-21/h3-13H,1-2H3,(H,27,29)/b18-12-. The van der Waals surface area contributed by atoms with Crippen LogP contribution in [0.2, 0.25) is 5.02 Å². The summed E-state index contributed by atoms with van der Waals surface area (Å²) in [5, 5.41) is 24.3. The molecule has 0 aliphatic heterocycles. The topological polar surface area (TPSA) is 96.0 Å². The molecule has 0 saturated carbocycles. The Bertz CT molecular complexity index is 1260. The van der Waals surface area contributed by atoms with Crippen molar-refractivity contribution in [2.45, 2.75) is 23.6 Å². The molecule has 0 atom stereocenters. The number of aryl methyl sites for hydroxylation is 2. The molecule has 160 valence electrons. The lowest BCUT2D eigenvalue weighted by molar-refractivity contribution is -0.387. The minimum atomic E-state index is -0.585. The number of hydrogen-bond acceptors (Lipinski definition) is 5. The van der Waals surface area contributed by atoms with E-state index in [4.69, 9.17) is 11.6 Å². The van der Waals surface area contributed by atoms with E-state index >= 15 is 0 Å². The summed E-state index contributed by atoms with van der Waals surface area (Å²) in [4.78, 5) is 24.9. The Morgan fingerprint density at radius 2 is 1.81 bits per heavy atom. The monoisotopic (exact) mass is 463 g/mol. The number of anilines is 1. The highest BCUT2D eigenvalue weighted by Crippen LogP contribution is 2.36. The summed E-state index contributed by atoms with van der Waals surface area (Å²) >= 11 is 7.12. The van der Waals surface area contributed by atoms with Crippen LogP contribution >= 0.6 is 23.4 Å². The van der Waals surface area contributed by atoms with Crippen LogP contribution in [0.15, 0.2) is 76.0 Å². The van der Waals surface area contributed by atoms with Crippen molar-refractivity contribution in [3.05, 3.63) is 98.1 Å². The minimum Gasteiger partial charge on any atom is -0.321 e. The Labute approximate surface area is 194 Å². The van der Waals surface area contributed by atoms with Gasteiger partial charge in [-0.25, -0.2) is 0 Å². The van der Waals surface area contributed by atoms with Gasteiger partial charge in [-0.1, -0.05) is 35.5 Å². The fourth-order valence-electron chi connectivity index (χ4n) is 2.82. The predicted octanol–water partition coefficient (Wildman–Crippen LogP) is 6.56. The van der Waals surface area contributed by atoms with Crippen molar-refractivity contribution >= 4 is 46.7 Å². The van der Waals surface area contributed by atoms with Gasteiger partial charge in [0.05, 0.1) is 9.82 Å². The first-order chi connectivity index (χ1) is 15.3. The minimum absolute atomic E-state index is 0.120. The molecule has 8 heteroatoms. The lowest BCUT2D eigenvalue weighted by atomic mass is 10.1. The molecule has 0 unspecified atom stereocenters. The van der Waals surface area contributed by atoms with Crippen LogP contribution in [0.5, 0.6) is 0 Å². The van der Waals surface area contributed by atoms with E-state index in [-0.39, 0.29) is 11.3 Å². The van der Waals surface area contributed by atoms with Crippen LogP contribution in [0.1, 0.15) is 16.7 Å². The molecule has 3 aromatic rings. The highest BCUT2D eigenvalue weighted by Gasteiger charge is 2.17. The molecule has 0 fully saturated rings. The average molecular weight is 464 g/mol. The number of nitro groups is 1. The van der Waals surface area contributed by atoms with Crippen LogP contribution < -0.4 is 5.32 Å². The van der Waals surface area contributed by atoms with E-state index in [1.165, 1.54) is 23.9 Å².